The molecule has 0 fully saturated rings. The standard InChI is InChI=1S/C89H166NO8P/c1-3-5-7-9-11-13-15-17-19-21-23-25-27-29-31-33-35-37-39-41-43-45-47-49-51-53-55-57-59-61-63-65-67-69-71-73-75-77-79-81-88(91)95-85-87(86-97-99(93,94)96-84-83-90)98-89(92)82-80-78-76-74-72-70-68-66-64-62-60-58-56-54-52-50-48-46-44-42-40-38-36-34-32-30-28-26-24-22-20-18-16-14-12-10-8-6-4-2/h6,8,12,14-15,17-18,20-21,23-24,26,87H,3-5,7,9-11,13,16,19,22,25,27-86,90H2,1-2H3,(H,93,94)/b8-6-,14-12-,17-15-,20-18-,23-21-,26-24-. The number of carbonyl (C=O) groups excluding carboxylic acids is 2. The highest BCUT2D eigenvalue weighted by Crippen LogP contribution is 2.43. The molecule has 0 aliphatic heterocycles. The van der Waals surface area contributed by atoms with Gasteiger partial charge in [0.2, 0.25) is 0 Å². The molecule has 0 aliphatic carbocycles. The molecule has 0 saturated heterocycles. The number of hydrogen-bond acceptors (Lipinski definition) is 8. The molecule has 0 amide bonds. The molecule has 0 aromatic heterocycles. The van der Waals surface area contributed by atoms with Crippen molar-refractivity contribution < 1.29 is 37.6 Å². The Bertz CT molecular complexity index is 1860. The largest absolute Gasteiger partial charge is 0.472 e. The summed E-state index contributed by atoms with van der Waals surface area (Å²) in [5.74, 6) is -0.801. The van der Waals surface area contributed by atoms with E-state index in [2.05, 4.69) is 86.8 Å². The van der Waals surface area contributed by atoms with Crippen LogP contribution in [0.4, 0.5) is 0 Å². The van der Waals surface area contributed by atoms with Gasteiger partial charge in [0.05, 0.1) is 13.2 Å². The van der Waals surface area contributed by atoms with Crippen LogP contribution in [-0.4, -0.2) is 49.3 Å². The van der Waals surface area contributed by atoms with Crippen LogP contribution >= 0.6 is 7.82 Å². The van der Waals surface area contributed by atoms with Gasteiger partial charge < -0.3 is 20.1 Å². The molecule has 10 heteroatoms. The molecule has 99 heavy (non-hydrogen) atoms. The number of phosphoric acid groups is 1. The quantitative estimate of drug-likeness (QED) is 0.0264. The van der Waals surface area contributed by atoms with Gasteiger partial charge in [-0.3, -0.25) is 18.6 Å². The summed E-state index contributed by atoms with van der Waals surface area (Å²) in [7, 11) is -4.40. The fourth-order valence-electron chi connectivity index (χ4n) is 13.2. The van der Waals surface area contributed by atoms with Crippen molar-refractivity contribution in [3.05, 3.63) is 72.9 Å². The first kappa shape index (κ1) is 96.4. The molecule has 2 atom stereocenters. The molecule has 0 aliphatic rings. The number of allylic oxidation sites excluding steroid dienone is 12. The summed E-state index contributed by atoms with van der Waals surface area (Å²) in [5.41, 5.74) is 5.42. The zero-order chi connectivity index (χ0) is 71.5. The zero-order valence-corrected chi connectivity index (χ0v) is 66.6. The van der Waals surface area contributed by atoms with Crippen LogP contribution in [0.1, 0.15) is 450 Å². The van der Waals surface area contributed by atoms with E-state index in [1.807, 2.05) is 0 Å². The van der Waals surface area contributed by atoms with E-state index in [4.69, 9.17) is 24.3 Å². The molecular weight excluding hydrogens is 1240 g/mol. The first-order chi connectivity index (χ1) is 48.8. The fraction of sp³-hybridized carbons (Fsp3) is 0.843. The maximum atomic E-state index is 12.8. The predicted molar refractivity (Wildman–Crippen MR) is 432 cm³/mol. The maximum absolute atomic E-state index is 12.8. The van der Waals surface area contributed by atoms with Gasteiger partial charge in [0.15, 0.2) is 6.10 Å². The predicted octanol–water partition coefficient (Wildman–Crippen LogP) is 29.4. The molecule has 0 heterocycles. The normalized spacial score (nSPS) is 13.1. The van der Waals surface area contributed by atoms with Gasteiger partial charge in [-0.15, -0.1) is 0 Å². The molecule has 0 spiro atoms. The molecule has 0 saturated carbocycles. The summed E-state index contributed by atoms with van der Waals surface area (Å²) in [5, 5.41) is 0. The summed E-state index contributed by atoms with van der Waals surface area (Å²) >= 11 is 0. The second-order valence-corrected chi connectivity index (χ2v) is 30.8. The lowest BCUT2D eigenvalue weighted by molar-refractivity contribution is -0.161. The molecule has 0 aromatic carbocycles. The van der Waals surface area contributed by atoms with Gasteiger partial charge in [0.1, 0.15) is 6.61 Å². The number of phosphoric ester groups is 1. The van der Waals surface area contributed by atoms with Gasteiger partial charge >= 0.3 is 19.8 Å². The number of unbranched alkanes of at least 4 members (excludes halogenated alkanes) is 58. The Kier molecular flexibility index (Phi) is 82.2. The third-order valence-electron chi connectivity index (χ3n) is 19.6. The van der Waals surface area contributed by atoms with Crippen LogP contribution in [0.15, 0.2) is 72.9 Å². The van der Waals surface area contributed by atoms with Crippen molar-refractivity contribution in [3.63, 3.8) is 0 Å². The highest BCUT2D eigenvalue weighted by atomic mass is 31.2. The first-order valence-electron chi connectivity index (χ1n) is 43.4. The van der Waals surface area contributed by atoms with Crippen molar-refractivity contribution >= 4 is 19.8 Å². The van der Waals surface area contributed by atoms with E-state index in [0.717, 1.165) is 64.2 Å². The van der Waals surface area contributed by atoms with Gasteiger partial charge in [0, 0.05) is 19.4 Å². The summed E-state index contributed by atoms with van der Waals surface area (Å²) < 4.78 is 33.3. The topological polar surface area (TPSA) is 134 Å². The minimum Gasteiger partial charge on any atom is -0.462 e. The Labute approximate surface area is 615 Å². The van der Waals surface area contributed by atoms with Gasteiger partial charge in [-0.1, -0.05) is 427 Å². The molecule has 2 unspecified atom stereocenters. The smallest absolute Gasteiger partial charge is 0.462 e. The Morgan fingerprint density at radius 1 is 0.313 bits per heavy atom. The second kappa shape index (κ2) is 84.4. The monoisotopic (exact) mass is 1410 g/mol. The second-order valence-electron chi connectivity index (χ2n) is 29.4. The van der Waals surface area contributed by atoms with E-state index in [-0.39, 0.29) is 38.6 Å². The minimum atomic E-state index is -4.40. The highest BCUT2D eigenvalue weighted by Gasteiger charge is 2.26. The molecule has 0 radical (unpaired) electrons. The Morgan fingerprint density at radius 3 is 0.828 bits per heavy atom. The number of nitrogens with two attached hydrogens (primary N) is 1. The summed E-state index contributed by atoms with van der Waals surface area (Å²) in [6, 6.07) is 0. The average Bonchev–Trinajstić information content (AvgIpc) is 1.35. The van der Waals surface area contributed by atoms with E-state index in [0.29, 0.717) is 6.42 Å². The van der Waals surface area contributed by atoms with Gasteiger partial charge in [0.25, 0.3) is 0 Å². The lowest BCUT2D eigenvalue weighted by Gasteiger charge is -2.19. The first-order valence-corrected chi connectivity index (χ1v) is 44.9. The van der Waals surface area contributed by atoms with Crippen molar-refractivity contribution in [1.82, 2.24) is 0 Å². The van der Waals surface area contributed by atoms with Crippen LogP contribution in [-0.2, 0) is 32.7 Å². The Balaban J connectivity index is 3.71. The molecular formula is C89H166NO8P. The third-order valence-corrected chi connectivity index (χ3v) is 20.6. The number of esters is 2. The Hall–Kier alpha value is -2.55. The number of hydrogen-bond donors (Lipinski definition) is 2. The van der Waals surface area contributed by atoms with E-state index >= 15 is 0 Å². The van der Waals surface area contributed by atoms with Crippen molar-refractivity contribution in [2.75, 3.05) is 26.4 Å². The van der Waals surface area contributed by atoms with Crippen LogP contribution in [0.25, 0.3) is 0 Å². The van der Waals surface area contributed by atoms with Crippen LogP contribution in [0.5, 0.6) is 0 Å². The maximum Gasteiger partial charge on any atom is 0.472 e. The van der Waals surface area contributed by atoms with Crippen molar-refractivity contribution in [1.29, 1.82) is 0 Å². The van der Waals surface area contributed by atoms with E-state index < -0.39 is 26.5 Å². The molecule has 0 rings (SSSR count). The third kappa shape index (κ3) is 84.3. The molecule has 3 N–H and O–H groups in total. The highest BCUT2D eigenvalue weighted by molar-refractivity contribution is 7.47. The van der Waals surface area contributed by atoms with E-state index in [9.17, 15) is 19.0 Å². The summed E-state index contributed by atoms with van der Waals surface area (Å²) in [4.78, 5) is 35.5. The lowest BCUT2D eigenvalue weighted by atomic mass is 10.0. The van der Waals surface area contributed by atoms with E-state index in [1.165, 1.54) is 353 Å². The number of ether oxygens (including phenoxy) is 2. The van der Waals surface area contributed by atoms with Gasteiger partial charge in [-0.05, 0) is 83.5 Å². The lowest BCUT2D eigenvalue weighted by Crippen LogP contribution is -2.29. The molecule has 9 nitrogen and oxygen atoms in total. The minimum absolute atomic E-state index is 0.0557. The number of carbonyl (C=O) groups is 2. The zero-order valence-electron chi connectivity index (χ0n) is 65.7. The van der Waals surface area contributed by atoms with Crippen LogP contribution in [0.2, 0.25) is 0 Å². The van der Waals surface area contributed by atoms with Crippen LogP contribution < -0.4 is 5.73 Å². The van der Waals surface area contributed by atoms with E-state index in [1.54, 1.807) is 0 Å². The van der Waals surface area contributed by atoms with Crippen molar-refractivity contribution in [2.24, 2.45) is 5.73 Å². The van der Waals surface area contributed by atoms with Gasteiger partial charge in [-0.2, -0.15) is 0 Å². The van der Waals surface area contributed by atoms with Gasteiger partial charge in [-0.25, -0.2) is 4.57 Å². The van der Waals surface area contributed by atoms with Crippen molar-refractivity contribution in [2.45, 2.75) is 457 Å². The molecule has 0 bridgehead atoms. The Morgan fingerprint density at radius 2 is 0.556 bits per heavy atom. The fourth-order valence-corrected chi connectivity index (χ4v) is 14.0. The van der Waals surface area contributed by atoms with Crippen LogP contribution in [0.3, 0.4) is 0 Å². The summed E-state index contributed by atoms with van der Waals surface area (Å²) in [6.45, 7) is 3.70. The molecule has 0 aromatic rings. The number of rotatable bonds is 83. The van der Waals surface area contributed by atoms with Crippen molar-refractivity contribution in [3.8, 4) is 0 Å². The SMILES string of the molecule is CC/C=C\C/C=C\C/C=C\C/C=C\CCCCCCCCCCCCCCCCCCCCCCCCCCCCC(=O)OC(COC(=O)CCCCCCCCCCCCCCCCCCCCCCCCCCCCC/C=C\C/C=C\CCCCCCC)COP(=O)(O)OCCN. The average molecular weight is 1410 g/mol. The molecule has 580 valence electrons. The van der Waals surface area contributed by atoms with Crippen LogP contribution in [0, 0.1) is 0 Å². The summed E-state index contributed by atoms with van der Waals surface area (Å²) in [6.07, 6.45) is 114.